The van der Waals surface area contributed by atoms with Crippen molar-refractivity contribution in [2.75, 3.05) is 29.1 Å². The van der Waals surface area contributed by atoms with E-state index in [2.05, 4.69) is 15.5 Å². The first kappa shape index (κ1) is 28.6. The summed E-state index contributed by atoms with van der Waals surface area (Å²) in [7, 11) is -3.32. The van der Waals surface area contributed by atoms with Crippen LogP contribution in [0.4, 0.5) is 20.2 Å². The summed E-state index contributed by atoms with van der Waals surface area (Å²) in [6.07, 6.45) is 1.85. The summed E-state index contributed by atoms with van der Waals surface area (Å²) in [5.41, 5.74) is 1.75. The Morgan fingerprint density at radius 1 is 1.12 bits per heavy atom. The fourth-order valence-electron chi connectivity index (χ4n) is 5.35. The summed E-state index contributed by atoms with van der Waals surface area (Å²) in [4.78, 5) is 19.5. The molecular formula is C29H24Cl2F2N4O4S. The molecule has 0 atom stereocenters. The highest BCUT2D eigenvalue weighted by Crippen LogP contribution is 2.57. The van der Waals surface area contributed by atoms with E-state index in [-0.39, 0.29) is 50.4 Å². The minimum absolute atomic E-state index is 0.0218. The maximum absolute atomic E-state index is 14.3. The Balaban J connectivity index is 1.18. The molecule has 3 aromatic carbocycles. The summed E-state index contributed by atoms with van der Waals surface area (Å²) in [6.45, 7) is 2.23. The van der Waals surface area contributed by atoms with Crippen LogP contribution >= 0.6 is 23.2 Å². The molecule has 4 aromatic rings. The molecule has 0 unspecified atom stereocenters. The highest BCUT2D eigenvalue weighted by Gasteiger charge is 2.52. The van der Waals surface area contributed by atoms with Gasteiger partial charge in [-0.2, -0.15) is 4.98 Å². The maximum Gasteiger partial charge on any atom is 0.261 e. The lowest BCUT2D eigenvalue weighted by Crippen LogP contribution is -2.31. The van der Waals surface area contributed by atoms with Crippen LogP contribution in [-0.2, 0) is 26.5 Å². The number of amides is 1. The zero-order valence-electron chi connectivity index (χ0n) is 22.3. The Morgan fingerprint density at radius 2 is 1.86 bits per heavy atom. The molecule has 1 saturated carbocycles. The highest BCUT2D eigenvalue weighted by atomic mass is 35.5. The second kappa shape index (κ2) is 10.6. The molecule has 218 valence electrons. The molecule has 6 rings (SSSR count). The van der Waals surface area contributed by atoms with Crippen molar-refractivity contribution in [2.45, 2.75) is 36.5 Å². The molecule has 8 nitrogen and oxygen atoms in total. The quantitative estimate of drug-likeness (QED) is 0.247. The van der Waals surface area contributed by atoms with Gasteiger partial charge >= 0.3 is 0 Å². The summed E-state index contributed by atoms with van der Waals surface area (Å²) < 4.78 is 57.7. The Labute approximate surface area is 250 Å². The third-order valence-corrected chi connectivity index (χ3v) is 10.0. The molecular weight excluding hydrogens is 609 g/mol. The second-order valence-electron chi connectivity index (χ2n) is 10.3. The monoisotopic (exact) mass is 632 g/mol. The third kappa shape index (κ3) is 5.03. The number of hydrogen-bond acceptors (Lipinski definition) is 7. The van der Waals surface area contributed by atoms with E-state index < -0.39 is 26.9 Å². The standard InChI is InChI=1S/C29H24Cl2F2N4O4S/c1-2-42(39,40)18-6-7-23-16(12-18)8-11-37(23)15-24(38)34-17-13-20(30)25(21(31)14-17)29(9-10-29)28-35-27(41-36-28)19-4-3-5-22(32)26(19)33/h3-7,12-14H,2,8-11,15H2,1H3,(H,34,38). The van der Waals surface area contributed by atoms with Gasteiger partial charge in [0, 0.05) is 33.5 Å². The van der Waals surface area contributed by atoms with Gasteiger partial charge in [-0.05, 0) is 67.3 Å². The first-order valence-corrected chi connectivity index (χ1v) is 15.6. The van der Waals surface area contributed by atoms with Crippen LogP contribution in [0.15, 0.2) is 57.9 Å². The molecule has 1 amide bonds. The van der Waals surface area contributed by atoms with Crippen LogP contribution in [0, 0.1) is 11.6 Å². The van der Waals surface area contributed by atoms with Gasteiger partial charge in [0.05, 0.1) is 28.2 Å². The van der Waals surface area contributed by atoms with Gasteiger partial charge < -0.3 is 14.7 Å². The van der Waals surface area contributed by atoms with Crippen molar-refractivity contribution in [3.05, 3.63) is 87.2 Å². The van der Waals surface area contributed by atoms with E-state index in [0.717, 1.165) is 17.3 Å². The summed E-state index contributed by atoms with van der Waals surface area (Å²) in [6, 6.07) is 11.9. The lowest BCUT2D eigenvalue weighted by atomic mass is 9.94. The number of nitrogens with zero attached hydrogens (tertiary/aromatic N) is 3. The van der Waals surface area contributed by atoms with Gasteiger partial charge in [-0.3, -0.25) is 4.79 Å². The van der Waals surface area contributed by atoms with E-state index in [1.807, 2.05) is 4.90 Å². The van der Waals surface area contributed by atoms with Crippen molar-refractivity contribution in [1.82, 2.24) is 10.1 Å². The van der Waals surface area contributed by atoms with Gasteiger partial charge in [-0.1, -0.05) is 41.3 Å². The predicted octanol–water partition coefficient (Wildman–Crippen LogP) is 6.20. The summed E-state index contributed by atoms with van der Waals surface area (Å²) in [5.74, 6) is -2.29. The topological polar surface area (TPSA) is 105 Å². The van der Waals surface area contributed by atoms with E-state index in [4.69, 9.17) is 27.7 Å². The summed E-state index contributed by atoms with van der Waals surface area (Å²) >= 11 is 13.3. The molecule has 0 spiro atoms. The average Bonchev–Trinajstić information content (AvgIpc) is 3.39. The van der Waals surface area contributed by atoms with E-state index in [9.17, 15) is 22.0 Å². The van der Waals surface area contributed by atoms with E-state index >= 15 is 0 Å². The molecule has 13 heteroatoms. The van der Waals surface area contributed by atoms with E-state index in [1.165, 1.54) is 12.1 Å². The van der Waals surface area contributed by atoms with Crippen LogP contribution in [0.1, 0.15) is 36.7 Å². The predicted molar refractivity (Wildman–Crippen MR) is 155 cm³/mol. The van der Waals surface area contributed by atoms with Gasteiger partial charge in [0.25, 0.3) is 5.89 Å². The second-order valence-corrected chi connectivity index (χ2v) is 13.4. The van der Waals surface area contributed by atoms with Gasteiger partial charge in [0.2, 0.25) is 5.91 Å². The van der Waals surface area contributed by atoms with Crippen molar-refractivity contribution in [3.8, 4) is 11.5 Å². The number of halogens is 4. The van der Waals surface area contributed by atoms with Crippen LogP contribution in [-0.4, -0.2) is 43.3 Å². The van der Waals surface area contributed by atoms with Crippen LogP contribution in [0.3, 0.4) is 0 Å². The number of nitrogens with one attached hydrogen (secondary N) is 1. The molecule has 0 saturated heterocycles. The smallest absolute Gasteiger partial charge is 0.261 e. The number of benzene rings is 3. The number of sulfone groups is 1. The Bertz CT molecular complexity index is 1820. The molecule has 1 aromatic heterocycles. The van der Waals surface area contributed by atoms with E-state index in [0.29, 0.717) is 37.1 Å². The minimum Gasteiger partial charge on any atom is -0.362 e. The number of carbonyl (C=O) groups is 1. The first-order chi connectivity index (χ1) is 20.0. The number of anilines is 2. The molecule has 1 aliphatic heterocycles. The maximum atomic E-state index is 14.3. The Kier molecular flexibility index (Phi) is 7.23. The summed E-state index contributed by atoms with van der Waals surface area (Å²) in [5, 5.41) is 7.43. The van der Waals surface area contributed by atoms with Gasteiger partial charge in [0.1, 0.15) is 0 Å². The fraction of sp³-hybridized carbons (Fsp3) is 0.276. The van der Waals surface area contributed by atoms with Crippen molar-refractivity contribution in [1.29, 1.82) is 0 Å². The van der Waals surface area contributed by atoms with Crippen molar-refractivity contribution < 1.29 is 26.5 Å². The molecule has 0 bridgehead atoms. The number of fused-ring (bicyclic) bond motifs is 1. The lowest BCUT2D eigenvalue weighted by molar-refractivity contribution is -0.115. The molecule has 0 radical (unpaired) electrons. The van der Waals surface area contributed by atoms with Crippen molar-refractivity contribution in [2.24, 2.45) is 0 Å². The molecule has 1 fully saturated rings. The number of rotatable bonds is 8. The zero-order chi connectivity index (χ0) is 29.8. The number of hydrogen-bond donors (Lipinski definition) is 1. The van der Waals surface area contributed by atoms with Crippen molar-refractivity contribution in [3.63, 3.8) is 0 Å². The average molecular weight is 634 g/mol. The van der Waals surface area contributed by atoms with Gasteiger partial charge in [-0.15, -0.1) is 0 Å². The molecule has 1 N–H and O–H groups in total. The van der Waals surface area contributed by atoms with Crippen molar-refractivity contribution >= 4 is 50.3 Å². The van der Waals surface area contributed by atoms with Crippen LogP contribution in [0.2, 0.25) is 10.0 Å². The Morgan fingerprint density at radius 3 is 2.55 bits per heavy atom. The normalized spacial score (nSPS) is 15.5. The van der Waals surface area contributed by atoms with Crippen LogP contribution < -0.4 is 10.2 Å². The fourth-order valence-corrected chi connectivity index (χ4v) is 7.13. The van der Waals surface area contributed by atoms with Crippen LogP contribution in [0.25, 0.3) is 11.5 Å². The number of aromatic nitrogens is 2. The van der Waals surface area contributed by atoms with E-state index in [1.54, 1.807) is 37.3 Å². The molecule has 2 aliphatic rings. The first-order valence-electron chi connectivity index (χ1n) is 13.2. The number of carbonyl (C=O) groups excluding carboxylic acids is 1. The highest BCUT2D eigenvalue weighted by molar-refractivity contribution is 7.91. The van der Waals surface area contributed by atoms with Crippen LogP contribution in [0.5, 0.6) is 0 Å². The minimum atomic E-state index is -3.32. The lowest BCUT2D eigenvalue weighted by Gasteiger charge is -2.20. The molecule has 1 aliphatic carbocycles. The SMILES string of the molecule is CCS(=O)(=O)c1ccc2c(c1)CCN2CC(=O)Nc1cc(Cl)c(C2(c3noc(-c4cccc(F)c4F)n3)CC2)c(Cl)c1. The van der Waals surface area contributed by atoms with Gasteiger partial charge in [0.15, 0.2) is 27.3 Å². The third-order valence-electron chi connectivity index (χ3n) is 7.71. The largest absolute Gasteiger partial charge is 0.362 e. The molecule has 2 heterocycles. The van der Waals surface area contributed by atoms with Gasteiger partial charge in [-0.25, -0.2) is 17.2 Å². The zero-order valence-corrected chi connectivity index (χ0v) is 24.6. The molecule has 42 heavy (non-hydrogen) atoms. The Hall–Kier alpha value is -3.54.